The van der Waals surface area contributed by atoms with E-state index in [0.717, 1.165) is 36.1 Å². The van der Waals surface area contributed by atoms with Gasteiger partial charge in [-0.1, -0.05) is 32.6 Å². The van der Waals surface area contributed by atoms with E-state index in [4.69, 9.17) is 4.74 Å². The number of unbranched alkanes of at least 4 members (excludes halogenated alkanes) is 1. The number of hydrogen-bond donors (Lipinski definition) is 1. The third-order valence-corrected chi connectivity index (χ3v) is 4.23. The molecule has 116 valence electrons. The summed E-state index contributed by atoms with van der Waals surface area (Å²) >= 11 is 0. The Morgan fingerprint density at radius 1 is 1.29 bits per heavy atom. The molecule has 0 spiro atoms. The van der Waals surface area contributed by atoms with Crippen molar-refractivity contribution in [3.63, 3.8) is 0 Å². The molecule has 0 unspecified atom stereocenters. The number of nitrogens with zero attached hydrogens (tertiary/aromatic N) is 1. The number of hydrogen-bond acceptors (Lipinski definition) is 3. The zero-order chi connectivity index (χ0) is 15.1. The third kappa shape index (κ3) is 4.48. The molecule has 0 aliphatic heterocycles. The molecule has 1 aromatic rings. The molecular formula is C18H27NO2. The predicted molar refractivity (Wildman–Crippen MR) is 87.7 cm³/mol. The largest absolute Gasteiger partial charge is 0.507 e. The Labute approximate surface area is 128 Å². The first-order valence-electron chi connectivity index (χ1n) is 8.17. The Kier molecular flexibility index (Phi) is 6.09. The predicted octanol–water partition coefficient (Wildman–Crippen LogP) is 4.50. The molecule has 2 rings (SSSR count). The van der Waals surface area contributed by atoms with Gasteiger partial charge in [-0.25, -0.2) is 0 Å². The highest BCUT2D eigenvalue weighted by Gasteiger charge is 2.13. The van der Waals surface area contributed by atoms with Gasteiger partial charge in [0.2, 0.25) is 0 Å². The molecule has 0 bridgehead atoms. The minimum atomic E-state index is 0.365. The second kappa shape index (κ2) is 8.06. The summed E-state index contributed by atoms with van der Waals surface area (Å²) in [5.74, 6) is 1.16. The quantitative estimate of drug-likeness (QED) is 0.784. The summed E-state index contributed by atoms with van der Waals surface area (Å²) < 4.78 is 5.35. The Bertz CT molecular complexity index is 476. The third-order valence-electron chi connectivity index (χ3n) is 4.23. The van der Waals surface area contributed by atoms with Gasteiger partial charge < -0.3 is 9.84 Å². The summed E-state index contributed by atoms with van der Waals surface area (Å²) in [4.78, 5) is 4.67. The van der Waals surface area contributed by atoms with Gasteiger partial charge in [-0.15, -0.1) is 0 Å². The average molecular weight is 289 g/mol. The highest BCUT2D eigenvalue weighted by atomic mass is 16.5. The van der Waals surface area contributed by atoms with E-state index in [0.29, 0.717) is 11.8 Å². The Morgan fingerprint density at radius 2 is 2.05 bits per heavy atom. The monoisotopic (exact) mass is 289 g/mol. The number of benzene rings is 1. The van der Waals surface area contributed by atoms with E-state index in [-0.39, 0.29) is 0 Å². The molecule has 0 amide bonds. The van der Waals surface area contributed by atoms with Gasteiger partial charge in [-0.2, -0.15) is 0 Å². The molecule has 1 fully saturated rings. The summed E-state index contributed by atoms with van der Waals surface area (Å²) in [5.41, 5.74) is 1.74. The van der Waals surface area contributed by atoms with Crippen LogP contribution in [0.3, 0.4) is 0 Å². The molecule has 0 saturated heterocycles. The van der Waals surface area contributed by atoms with E-state index in [1.807, 2.05) is 18.3 Å². The lowest BCUT2D eigenvalue weighted by Gasteiger charge is -2.17. The first-order chi connectivity index (χ1) is 10.2. The van der Waals surface area contributed by atoms with Crippen molar-refractivity contribution in [3.05, 3.63) is 23.3 Å². The molecular weight excluding hydrogens is 262 g/mol. The lowest BCUT2D eigenvalue weighted by Crippen LogP contribution is -2.09. The van der Waals surface area contributed by atoms with Crippen LogP contribution in [0.15, 0.2) is 17.1 Å². The molecule has 1 aliphatic rings. The van der Waals surface area contributed by atoms with Crippen LogP contribution < -0.4 is 4.74 Å². The van der Waals surface area contributed by atoms with E-state index in [2.05, 4.69) is 11.9 Å². The van der Waals surface area contributed by atoms with Gasteiger partial charge in [-0.3, -0.25) is 4.99 Å². The lowest BCUT2D eigenvalue weighted by molar-refractivity contribution is 0.410. The number of ether oxygens (including phenoxy) is 1. The molecule has 1 aromatic carbocycles. The van der Waals surface area contributed by atoms with Gasteiger partial charge >= 0.3 is 0 Å². The minimum absolute atomic E-state index is 0.365. The van der Waals surface area contributed by atoms with Crippen LogP contribution in [-0.4, -0.2) is 24.5 Å². The average Bonchev–Trinajstić information content (AvgIpc) is 2.53. The molecule has 21 heavy (non-hydrogen) atoms. The van der Waals surface area contributed by atoms with E-state index < -0.39 is 0 Å². The van der Waals surface area contributed by atoms with Crippen molar-refractivity contribution >= 4 is 6.21 Å². The molecule has 0 heterocycles. The zero-order valence-corrected chi connectivity index (χ0v) is 13.3. The number of phenolic OH excluding ortho intramolecular Hbond substituents is 1. The first-order valence-corrected chi connectivity index (χ1v) is 8.17. The number of methoxy groups -OCH3 is 1. The van der Waals surface area contributed by atoms with Gasteiger partial charge in [0.05, 0.1) is 7.11 Å². The maximum atomic E-state index is 10.4. The number of phenols is 1. The molecule has 1 N–H and O–H groups in total. The molecule has 0 radical (unpaired) electrons. The van der Waals surface area contributed by atoms with Crippen molar-refractivity contribution in [3.8, 4) is 11.5 Å². The first kappa shape index (κ1) is 15.9. The van der Waals surface area contributed by atoms with E-state index >= 15 is 0 Å². The fraction of sp³-hybridized carbons (Fsp3) is 0.611. The summed E-state index contributed by atoms with van der Waals surface area (Å²) in [7, 11) is 1.66. The summed E-state index contributed by atoms with van der Waals surface area (Å²) in [6, 6.07) is 4.23. The second-order valence-electron chi connectivity index (χ2n) is 5.90. The zero-order valence-electron chi connectivity index (χ0n) is 13.3. The molecule has 3 nitrogen and oxygen atoms in total. The molecule has 3 heteroatoms. The topological polar surface area (TPSA) is 41.8 Å². The molecule has 1 aliphatic carbocycles. The Balaban J connectivity index is 2.18. The van der Waals surface area contributed by atoms with E-state index in [1.54, 1.807) is 7.11 Å². The highest BCUT2D eigenvalue weighted by Crippen LogP contribution is 2.29. The fourth-order valence-corrected chi connectivity index (χ4v) is 2.88. The highest BCUT2D eigenvalue weighted by molar-refractivity contribution is 5.85. The van der Waals surface area contributed by atoms with E-state index in [9.17, 15) is 5.11 Å². The SMILES string of the molecule is CCCCc1cc(OC)cc(C=NC2CCCCC2)c1O. The van der Waals surface area contributed by atoms with Crippen molar-refractivity contribution in [2.75, 3.05) is 7.11 Å². The molecule has 0 atom stereocenters. The Morgan fingerprint density at radius 3 is 2.71 bits per heavy atom. The van der Waals surface area contributed by atoms with Crippen LogP contribution in [0.4, 0.5) is 0 Å². The molecule has 0 aromatic heterocycles. The van der Waals surface area contributed by atoms with Crippen LogP contribution >= 0.6 is 0 Å². The summed E-state index contributed by atoms with van der Waals surface area (Å²) in [6.07, 6.45) is 11.1. The second-order valence-corrected chi connectivity index (χ2v) is 5.90. The number of aryl methyl sites for hydroxylation is 1. The number of aliphatic imine (C=N–C) groups is 1. The minimum Gasteiger partial charge on any atom is -0.507 e. The van der Waals surface area contributed by atoms with Gasteiger partial charge in [0.15, 0.2) is 0 Å². The van der Waals surface area contributed by atoms with Crippen molar-refractivity contribution in [2.45, 2.75) is 64.3 Å². The van der Waals surface area contributed by atoms with E-state index in [1.165, 1.54) is 32.1 Å². The summed E-state index contributed by atoms with van der Waals surface area (Å²) in [6.45, 7) is 2.16. The van der Waals surface area contributed by atoms with Crippen molar-refractivity contribution in [1.29, 1.82) is 0 Å². The lowest BCUT2D eigenvalue weighted by atomic mass is 9.96. The van der Waals surface area contributed by atoms with Gasteiger partial charge in [0, 0.05) is 17.8 Å². The standard InChI is InChI=1S/C18H27NO2/c1-3-4-8-14-11-17(21-2)12-15(18(14)20)13-19-16-9-6-5-7-10-16/h11-13,16,20H,3-10H2,1-2H3. The smallest absolute Gasteiger partial charge is 0.127 e. The summed E-state index contributed by atoms with van der Waals surface area (Å²) in [5, 5.41) is 10.4. The Hall–Kier alpha value is -1.51. The van der Waals surface area contributed by atoms with Crippen LogP contribution in [0.1, 0.15) is 63.0 Å². The van der Waals surface area contributed by atoms with Crippen LogP contribution in [0.5, 0.6) is 11.5 Å². The van der Waals surface area contributed by atoms with Crippen molar-refractivity contribution in [1.82, 2.24) is 0 Å². The van der Waals surface area contributed by atoms with Crippen molar-refractivity contribution in [2.24, 2.45) is 4.99 Å². The van der Waals surface area contributed by atoms with Crippen LogP contribution in [-0.2, 0) is 6.42 Å². The number of aromatic hydroxyl groups is 1. The maximum Gasteiger partial charge on any atom is 0.127 e. The van der Waals surface area contributed by atoms with Crippen LogP contribution in [0.25, 0.3) is 0 Å². The molecule has 1 saturated carbocycles. The van der Waals surface area contributed by atoms with Gasteiger partial charge in [0.1, 0.15) is 11.5 Å². The fourth-order valence-electron chi connectivity index (χ4n) is 2.88. The van der Waals surface area contributed by atoms with Crippen molar-refractivity contribution < 1.29 is 9.84 Å². The van der Waals surface area contributed by atoms with Gasteiger partial charge in [0.25, 0.3) is 0 Å². The maximum absolute atomic E-state index is 10.4. The normalized spacial score (nSPS) is 16.5. The number of rotatable bonds is 6. The van der Waals surface area contributed by atoms with Crippen LogP contribution in [0, 0.1) is 0 Å². The van der Waals surface area contributed by atoms with Gasteiger partial charge in [-0.05, 0) is 43.4 Å². The van der Waals surface area contributed by atoms with Crippen LogP contribution in [0.2, 0.25) is 0 Å².